The number of rotatable bonds is 17. The summed E-state index contributed by atoms with van der Waals surface area (Å²) in [4.78, 5) is 46.9. The van der Waals surface area contributed by atoms with Crippen LogP contribution in [0.4, 0.5) is 57.1 Å². The van der Waals surface area contributed by atoms with Crippen molar-refractivity contribution in [3.8, 4) is 0 Å². The zero-order valence-corrected chi connectivity index (χ0v) is 21.9. The van der Waals surface area contributed by atoms with Crippen molar-refractivity contribution < 1.29 is 95.2 Å². The van der Waals surface area contributed by atoms with Crippen LogP contribution in [0.2, 0.25) is 0 Å². The van der Waals surface area contributed by atoms with Crippen LogP contribution in [0.25, 0.3) is 0 Å². The van der Waals surface area contributed by atoms with Gasteiger partial charge in [-0.05, 0) is 6.92 Å². The highest BCUT2D eigenvalue weighted by Gasteiger charge is 2.90. The third kappa shape index (κ3) is 8.42. The highest BCUT2D eigenvalue weighted by atomic mass is 19.4. The van der Waals surface area contributed by atoms with Gasteiger partial charge in [-0.1, -0.05) is 19.7 Å². The second-order valence-electron chi connectivity index (χ2n) is 8.75. The van der Waals surface area contributed by atoms with Gasteiger partial charge in [-0.25, -0.2) is 14.4 Å². The van der Waals surface area contributed by atoms with E-state index >= 15 is 0 Å². The van der Waals surface area contributed by atoms with Crippen molar-refractivity contribution in [2.45, 2.75) is 55.2 Å². The van der Waals surface area contributed by atoms with E-state index in [0.717, 1.165) is 6.92 Å². The fourth-order valence-electron chi connectivity index (χ4n) is 2.62. The van der Waals surface area contributed by atoms with Crippen LogP contribution in [0.15, 0.2) is 38.0 Å². The molecular formula is C23H21F13O8. The molecule has 0 fully saturated rings. The van der Waals surface area contributed by atoms with E-state index in [9.17, 15) is 76.3 Å². The molecule has 0 aromatic carbocycles. The molecule has 1 unspecified atom stereocenters. The van der Waals surface area contributed by atoms with Gasteiger partial charge < -0.3 is 18.9 Å². The van der Waals surface area contributed by atoms with Gasteiger partial charge in [0.25, 0.3) is 0 Å². The van der Waals surface area contributed by atoms with E-state index in [1.807, 2.05) is 0 Å². The molecule has 0 spiro atoms. The summed E-state index contributed by atoms with van der Waals surface area (Å²) in [5.41, 5.74) is -2.48. The third-order valence-electron chi connectivity index (χ3n) is 5.23. The summed E-state index contributed by atoms with van der Waals surface area (Å²) in [6, 6.07) is 0. The van der Waals surface area contributed by atoms with Gasteiger partial charge in [0.1, 0.15) is 31.3 Å². The molecule has 0 saturated heterocycles. The molecule has 252 valence electrons. The van der Waals surface area contributed by atoms with Gasteiger partial charge in [-0.3, -0.25) is 4.79 Å². The molecule has 21 heteroatoms. The molecule has 1 atom stereocenters. The lowest BCUT2D eigenvalue weighted by molar-refractivity contribution is -0.440. The molecule has 0 aromatic rings. The van der Waals surface area contributed by atoms with Crippen LogP contribution < -0.4 is 0 Å². The summed E-state index contributed by atoms with van der Waals surface area (Å²) in [6.07, 6.45) is -12.5. The summed E-state index contributed by atoms with van der Waals surface area (Å²) >= 11 is 0. The molecular weight excluding hydrogens is 651 g/mol. The Morgan fingerprint density at radius 3 is 1.34 bits per heavy atom. The van der Waals surface area contributed by atoms with Gasteiger partial charge in [0, 0.05) is 18.2 Å². The van der Waals surface area contributed by atoms with Gasteiger partial charge >= 0.3 is 59.7 Å². The minimum Gasteiger partial charge on any atom is -0.461 e. The van der Waals surface area contributed by atoms with Crippen molar-refractivity contribution in [3.05, 3.63) is 38.0 Å². The predicted molar refractivity (Wildman–Crippen MR) is 117 cm³/mol. The fraction of sp³-hybridized carbons (Fsp3) is 0.565. The van der Waals surface area contributed by atoms with E-state index in [-0.39, 0.29) is 0 Å². The van der Waals surface area contributed by atoms with Gasteiger partial charge in [0.05, 0.1) is 6.42 Å². The lowest BCUT2D eigenvalue weighted by Crippen LogP contribution is -2.70. The van der Waals surface area contributed by atoms with E-state index < -0.39 is 97.4 Å². The number of esters is 4. The normalized spacial score (nSPS) is 14.1. The summed E-state index contributed by atoms with van der Waals surface area (Å²) in [7, 11) is 0. The van der Waals surface area contributed by atoms with E-state index in [1.54, 1.807) is 0 Å². The molecule has 0 rings (SSSR count). The van der Waals surface area contributed by atoms with E-state index in [0.29, 0.717) is 18.2 Å². The molecule has 0 aliphatic rings. The molecule has 0 aliphatic heterocycles. The van der Waals surface area contributed by atoms with Gasteiger partial charge in [0.15, 0.2) is 0 Å². The number of ether oxygens (including phenoxy) is 4. The van der Waals surface area contributed by atoms with Crippen molar-refractivity contribution >= 4 is 23.9 Å². The molecule has 0 radical (unpaired) electrons. The van der Waals surface area contributed by atoms with E-state index in [4.69, 9.17) is 0 Å². The standard InChI is InChI=1S/C23H21F13O8/c1-5-13(37)41-9-12(44-16(40)17(4,10-42-14(38)6-2)11-43-15(39)7-3)8-18(24,25)19(26,27)20(28,29)21(30,31)22(32,33)23(34,35)36/h5-7,12H,1-3,8-11H2,4H3. The Morgan fingerprint density at radius 2 is 0.977 bits per heavy atom. The number of carbonyl (C=O) groups excluding carboxylic acids is 4. The van der Waals surface area contributed by atoms with Crippen LogP contribution in [0, 0.1) is 5.41 Å². The average Bonchev–Trinajstić information content (AvgIpc) is 2.91. The van der Waals surface area contributed by atoms with Gasteiger partial charge in [-0.15, -0.1) is 0 Å². The first kappa shape index (κ1) is 40.2. The van der Waals surface area contributed by atoms with Crippen LogP contribution in [0.1, 0.15) is 13.3 Å². The van der Waals surface area contributed by atoms with E-state index in [2.05, 4.69) is 38.7 Å². The Morgan fingerprint density at radius 1 is 0.614 bits per heavy atom. The zero-order chi connectivity index (χ0) is 35.2. The van der Waals surface area contributed by atoms with Crippen molar-refractivity contribution in [2.75, 3.05) is 19.8 Å². The first-order valence-electron chi connectivity index (χ1n) is 11.2. The molecule has 0 heterocycles. The maximum atomic E-state index is 14.5. The first-order valence-corrected chi connectivity index (χ1v) is 11.2. The van der Waals surface area contributed by atoms with Crippen LogP contribution in [0.3, 0.4) is 0 Å². The Labute approximate surface area is 238 Å². The molecule has 0 aliphatic carbocycles. The van der Waals surface area contributed by atoms with Gasteiger partial charge in [0.2, 0.25) is 0 Å². The quantitative estimate of drug-likeness (QED) is 0.0897. The van der Waals surface area contributed by atoms with Crippen molar-refractivity contribution in [2.24, 2.45) is 5.41 Å². The van der Waals surface area contributed by atoms with Crippen molar-refractivity contribution in [1.29, 1.82) is 0 Å². The zero-order valence-electron chi connectivity index (χ0n) is 21.9. The average molecular weight is 672 g/mol. The maximum absolute atomic E-state index is 14.5. The molecule has 0 amide bonds. The smallest absolute Gasteiger partial charge is 0.460 e. The molecule has 0 saturated carbocycles. The second kappa shape index (κ2) is 13.9. The highest BCUT2D eigenvalue weighted by Crippen LogP contribution is 2.60. The number of halogens is 13. The van der Waals surface area contributed by atoms with Crippen LogP contribution in [-0.2, 0) is 38.1 Å². The summed E-state index contributed by atoms with van der Waals surface area (Å²) in [5, 5.41) is 0. The third-order valence-corrected chi connectivity index (χ3v) is 5.23. The van der Waals surface area contributed by atoms with Crippen molar-refractivity contribution in [3.63, 3.8) is 0 Å². The molecule has 0 aromatic heterocycles. The summed E-state index contributed by atoms with van der Waals surface area (Å²) < 4.78 is 193. The van der Waals surface area contributed by atoms with Crippen molar-refractivity contribution in [1.82, 2.24) is 0 Å². The molecule has 8 nitrogen and oxygen atoms in total. The number of hydrogen-bond donors (Lipinski definition) is 0. The Bertz CT molecular complexity index is 1090. The van der Waals surface area contributed by atoms with E-state index in [1.165, 1.54) is 0 Å². The predicted octanol–water partition coefficient (Wildman–Crippen LogP) is 5.22. The molecule has 0 bridgehead atoms. The lowest BCUT2D eigenvalue weighted by Gasteiger charge is -2.40. The monoisotopic (exact) mass is 672 g/mol. The topological polar surface area (TPSA) is 105 Å². The first-order chi connectivity index (χ1) is 19.6. The van der Waals surface area contributed by atoms with Crippen LogP contribution in [-0.4, -0.2) is 85.6 Å². The Balaban J connectivity index is 6.64. The molecule has 0 N–H and O–H groups in total. The second-order valence-corrected chi connectivity index (χ2v) is 8.75. The lowest BCUT2D eigenvalue weighted by atomic mass is 9.91. The SMILES string of the molecule is C=CC(=O)OCC(CC(F)(F)C(F)(F)C(F)(F)C(F)(F)C(F)(F)C(F)(F)F)OC(=O)C(C)(COC(=O)C=C)COC(=O)C=C. The Hall–Kier alpha value is -3.81. The largest absolute Gasteiger partial charge is 0.461 e. The highest BCUT2D eigenvalue weighted by molar-refractivity contribution is 5.84. The van der Waals surface area contributed by atoms with Crippen LogP contribution >= 0.6 is 0 Å². The Kier molecular flexibility index (Phi) is 12.7. The summed E-state index contributed by atoms with van der Waals surface area (Å²) in [5.74, 6) is -44.8. The number of carbonyl (C=O) groups is 4. The van der Waals surface area contributed by atoms with Crippen LogP contribution in [0.5, 0.6) is 0 Å². The van der Waals surface area contributed by atoms with Gasteiger partial charge in [-0.2, -0.15) is 57.1 Å². The minimum atomic E-state index is -8.19. The number of alkyl halides is 13. The molecule has 44 heavy (non-hydrogen) atoms. The minimum absolute atomic E-state index is 0.299. The maximum Gasteiger partial charge on any atom is 0.460 e. The fourth-order valence-corrected chi connectivity index (χ4v) is 2.62. The summed E-state index contributed by atoms with van der Waals surface area (Å²) in [6.45, 7) is 5.40. The number of hydrogen-bond acceptors (Lipinski definition) is 8.